The van der Waals surface area contributed by atoms with Crippen LogP contribution < -0.4 is 5.32 Å². The standard InChI is InChI=1S/C24H22FN5O/c1-16(2)17-8-10-19(11-9-17)23-27-29-30(28-23)22(18-6-4-3-5-7-18)24(31)26-21-14-12-20(25)13-15-21/h3-16,22H,1-2H3,(H,26,31)/t22-/m0/s1. The van der Waals surface area contributed by atoms with Gasteiger partial charge in [0, 0.05) is 11.3 Å². The molecule has 0 aliphatic rings. The number of nitrogens with one attached hydrogen (secondary N) is 1. The maximum Gasteiger partial charge on any atom is 0.255 e. The smallest absolute Gasteiger partial charge is 0.255 e. The van der Waals surface area contributed by atoms with Gasteiger partial charge < -0.3 is 5.32 Å². The van der Waals surface area contributed by atoms with Crippen LogP contribution in [0.15, 0.2) is 78.9 Å². The molecule has 31 heavy (non-hydrogen) atoms. The number of tetrazole rings is 1. The Bertz CT molecular complexity index is 1150. The molecule has 1 aromatic heterocycles. The van der Waals surface area contributed by atoms with Gasteiger partial charge in [-0.3, -0.25) is 4.79 Å². The second-order valence-corrected chi connectivity index (χ2v) is 7.52. The van der Waals surface area contributed by atoms with E-state index in [1.54, 1.807) is 0 Å². The number of hydrogen-bond donors (Lipinski definition) is 1. The van der Waals surface area contributed by atoms with Gasteiger partial charge >= 0.3 is 0 Å². The van der Waals surface area contributed by atoms with Gasteiger partial charge in [0.15, 0.2) is 6.04 Å². The SMILES string of the molecule is CC(C)c1ccc(-c2nnn([C@H](C(=O)Nc3ccc(F)cc3)c3ccccc3)n2)cc1. The van der Waals surface area contributed by atoms with Crippen molar-refractivity contribution in [1.29, 1.82) is 0 Å². The largest absolute Gasteiger partial charge is 0.324 e. The zero-order valence-electron chi connectivity index (χ0n) is 17.2. The highest BCUT2D eigenvalue weighted by atomic mass is 19.1. The Balaban J connectivity index is 1.64. The Morgan fingerprint density at radius 1 is 0.903 bits per heavy atom. The summed E-state index contributed by atoms with van der Waals surface area (Å²) in [5.41, 5.74) is 3.23. The first kappa shape index (κ1) is 20.4. The third-order valence-corrected chi connectivity index (χ3v) is 4.97. The van der Waals surface area contributed by atoms with Crippen molar-refractivity contribution < 1.29 is 9.18 Å². The Kier molecular flexibility index (Phi) is 5.84. The molecule has 0 aliphatic carbocycles. The number of aromatic nitrogens is 4. The zero-order valence-corrected chi connectivity index (χ0v) is 17.2. The summed E-state index contributed by atoms with van der Waals surface area (Å²) in [6, 6.07) is 22.0. The number of halogens is 1. The van der Waals surface area contributed by atoms with Gasteiger partial charge in [0.1, 0.15) is 5.82 Å². The second-order valence-electron chi connectivity index (χ2n) is 7.52. The lowest BCUT2D eigenvalue weighted by Crippen LogP contribution is -2.28. The number of benzene rings is 3. The fourth-order valence-corrected chi connectivity index (χ4v) is 3.24. The summed E-state index contributed by atoms with van der Waals surface area (Å²) in [6.07, 6.45) is 0. The number of hydrogen-bond acceptors (Lipinski definition) is 4. The number of anilines is 1. The monoisotopic (exact) mass is 415 g/mol. The van der Waals surface area contributed by atoms with Gasteiger partial charge in [-0.05, 0) is 46.5 Å². The summed E-state index contributed by atoms with van der Waals surface area (Å²) in [4.78, 5) is 14.4. The minimum Gasteiger partial charge on any atom is -0.324 e. The van der Waals surface area contributed by atoms with Gasteiger partial charge in [-0.25, -0.2) is 4.39 Å². The molecule has 0 bridgehead atoms. The van der Waals surface area contributed by atoms with E-state index < -0.39 is 6.04 Å². The number of rotatable bonds is 6. The van der Waals surface area contributed by atoms with Crippen LogP contribution in [-0.2, 0) is 4.79 Å². The van der Waals surface area contributed by atoms with Gasteiger partial charge in [-0.2, -0.15) is 0 Å². The van der Waals surface area contributed by atoms with E-state index in [1.807, 2.05) is 54.6 Å². The van der Waals surface area contributed by atoms with Gasteiger partial charge in [-0.1, -0.05) is 68.4 Å². The van der Waals surface area contributed by atoms with Gasteiger partial charge in [0.2, 0.25) is 5.82 Å². The maximum absolute atomic E-state index is 13.2. The van der Waals surface area contributed by atoms with Crippen molar-refractivity contribution in [3.63, 3.8) is 0 Å². The van der Waals surface area contributed by atoms with E-state index in [-0.39, 0.29) is 11.7 Å². The van der Waals surface area contributed by atoms with E-state index in [0.717, 1.165) is 5.56 Å². The van der Waals surface area contributed by atoms with Crippen LogP contribution in [0.25, 0.3) is 11.4 Å². The van der Waals surface area contributed by atoms with Gasteiger partial charge in [-0.15, -0.1) is 15.0 Å². The summed E-state index contributed by atoms with van der Waals surface area (Å²) in [6.45, 7) is 4.27. The predicted molar refractivity (Wildman–Crippen MR) is 117 cm³/mol. The molecule has 0 radical (unpaired) electrons. The number of carbonyl (C=O) groups excluding carboxylic acids is 1. The lowest BCUT2D eigenvalue weighted by molar-refractivity contribution is -0.118. The molecule has 4 rings (SSSR count). The molecule has 156 valence electrons. The molecule has 1 amide bonds. The third-order valence-electron chi connectivity index (χ3n) is 4.97. The first-order valence-corrected chi connectivity index (χ1v) is 10.0. The van der Waals surface area contributed by atoms with Gasteiger partial charge in [0.05, 0.1) is 0 Å². The molecule has 0 saturated carbocycles. The molecule has 6 nitrogen and oxygen atoms in total. The number of nitrogens with zero attached hydrogens (tertiary/aromatic N) is 4. The molecular weight excluding hydrogens is 393 g/mol. The molecule has 0 fully saturated rings. The second kappa shape index (κ2) is 8.87. The van der Waals surface area contributed by atoms with Crippen molar-refractivity contribution in [2.75, 3.05) is 5.32 Å². The molecule has 1 atom stereocenters. The van der Waals surface area contributed by atoms with E-state index in [9.17, 15) is 9.18 Å². The van der Waals surface area contributed by atoms with Crippen LogP contribution in [0, 0.1) is 5.82 Å². The Morgan fingerprint density at radius 3 is 2.23 bits per heavy atom. The predicted octanol–water partition coefficient (Wildman–Crippen LogP) is 4.83. The van der Waals surface area contributed by atoms with Crippen molar-refractivity contribution in [3.05, 3.63) is 95.8 Å². The van der Waals surface area contributed by atoms with E-state index >= 15 is 0 Å². The molecule has 0 aliphatic heterocycles. The average molecular weight is 415 g/mol. The topological polar surface area (TPSA) is 72.7 Å². The first-order chi connectivity index (χ1) is 15.0. The molecular formula is C24H22FN5O. The molecule has 7 heteroatoms. The van der Waals surface area contributed by atoms with E-state index in [2.05, 4.69) is 34.6 Å². The fourth-order valence-electron chi connectivity index (χ4n) is 3.24. The molecule has 1 N–H and O–H groups in total. The summed E-state index contributed by atoms with van der Waals surface area (Å²) >= 11 is 0. The van der Waals surface area contributed by atoms with Crippen LogP contribution in [0.2, 0.25) is 0 Å². The van der Waals surface area contributed by atoms with E-state index in [4.69, 9.17) is 0 Å². The molecule has 0 unspecified atom stereocenters. The Labute approximate surface area is 179 Å². The summed E-state index contributed by atoms with van der Waals surface area (Å²) in [7, 11) is 0. The minimum absolute atomic E-state index is 0.350. The minimum atomic E-state index is -0.831. The van der Waals surface area contributed by atoms with Crippen molar-refractivity contribution in [2.45, 2.75) is 25.8 Å². The molecule has 4 aromatic rings. The normalized spacial score (nSPS) is 12.0. The fraction of sp³-hybridized carbons (Fsp3) is 0.167. The van der Waals surface area contributed by atoms with Crippen molar-refractivity contribution in [3.8, 4) is 11.4 Å². The Morgan fingerprint density at radius 2 is 1.58 bits per heavy atom. The van der Waals surface area contributed by atoms with Crippen molar-refractivity contribution in [2.24, 2.45) is 0 Å². The lowest BCUT2D eigenvalue weighted by atomic mass is 10.0. The van der Waals surface area contributed by atoms with Crippen LogP contribution >= 0.6 is 0 Å². The molecule has 0 saturated heterocycles. The van der Waals surface area contributed by atoms with Crippen LogP contribution in [0.3, 0.4) is 0 Å². The summed E-state index contributed by atoms with van der Waals surface area (Å²) < 4.78 is 13.2. The van der Waals surface area contributed by atoms with Crippen LogP contribution in [0.1, 0.15) is 36.9 Å². The van der Waals surface area contributed by atoms with Crippen LogP contribution in [0.5, 0.6) is 0 Å². The molecule has 1 heterocycles. The van der Waals surface area contributed by atoms with Crippen LogP contribution in [-0.4, -0.2) is 26.1 Å². The highest BCUT2D eigenvalue weighted by Crippen LogP contribution is 2.23. The Hall–Kier alpha value is -3.87. The summed E-state index contributed by atoms with van der Waals surface area (Å²) in [5, 5.41) is 15.6. The van der Waals surface area contributed by atoms with E-state index in [1.165, 1.54) is 34.6 Å². The van der Waals surface area contributed by atoms with E-state index in [0.29, 0.717) is 23.0 Å². The first-order valence-electron chi connectivity index (χ1n) is 10.0. The highest BCUT2D eigenvalue weighted by molar-refractivity contribution is 5.95. The quantitative estimate of drug-likeness (QED) is 0.490. The van der Waals surface area contributed by atoms with Crippen molar-refractivity contribution in [1.82, 2.24) is 20.2 Å². The lowest BCUT2D eigenvalue weighted by Gasteiger charge is -2.16. The third kappa shape index (κ3) is 4.66. The van der Waals surface area contributed by atoms with Crippen LogP contribution in [0.4, 0.5) is 10.1 Å². The average Bonchev–Trinajstić information content (AvgIpc) is 3.26. The highest BCUT2D eigenvalue weighted by Gasteiger charge is 2.26. The molecule has 0 spiro atoms. The van der Waals surface area contributed by atoms with Gasteiger partial charge in [0.25, 0.3) is 5.91 Å². The summed E-state index contributed by atoms with van der Waals surface area (Å²) in [5.74, 6) is 0.140. The number of carbonyl (C=O) groups is 1. The zero-order chi connectivity index (χ0) is 21.8. The maximum atomic E-state index is 13.2. The number of amides is 1. The molecule has 3 aromatic carbocycles. The van der Waals surface area contributed by atoms with Crippen molar-refractivity contribution >= 4 is 11.6 Å².